The third-order valence-corrected chi connectivity index (χ3v) is 2.74. The highest BCUT2D eigenvalue weighted by Gasteiger charge is 2.22. The lowest BCUT2D eigenvalue weighted by Crippen LogP contribution is -2.11. The van der Waals surface area contributed by atoms with Gasteiger partial charge in [0.05, 0.1) is 6.20 Å². The molecule has 2 N–H and O–H groups in total. The van der Waals surface area contributed by atoms with Crippen molar-refractivity contribution in [3.63, 3.8) is 0 Å². The molecule has 2 rings (SSSR count). The molecule has 1 fully saturated rings. The van der Waals surface area contributed by atoms with E-state index in [-0.39, 0.29) is 11.9 Å². The fraction of sp³-hybridized carbons (Fsp3) is 0.545. The Labute approximate surface area is 83.3 Å². The second kappa shape index (κ2) is 4.05. The van der Waals surface area contributed by atoms with Crippen molar-refractivity contribution in [3.8, 4) is 0 Å². The lowest BCUT2D eigenvalue weighted by atomic mass is 10.0. The molecule has 0 amide bonds. The fourth-order valence-electron chi connectivity index (χ4n) is 1.62. The van der Waals surface area contributed by atoms with Crippen LogP contribution in [0.3, 0.4) is 0 Å². The smallest absolute Gasteiger partial charge is 0.141 e. The monoisotopic (exact) mass is 194 g/mol. The lowest BCUT2D eigenvalue weighted by Gasteiger charge is -2.10. The van der Waals surface area contributed by atoms with Crippen LogP contribution < -0.4 is 5.73 Å². The van der Waals surface area contributed by atoms with Gasteiger partial charge in [-0.05, 0) is 30.4 Å². The highest BCUT2D eigenvalue weighted by atomic mass is 19.1. The Balaban J connectivity index is 1.91. The summed E-state index contributed by atoms with van der Waals surface area (Å²) in [5, 5.41) is 0. The van der Waals surface area contributed by atoms with Crippen molar-refractivity contribution < 1.29 is 4.39 Å². The number of aromatic nitrogens is 1. The maximum atomic E-state index is 12.8. The van der Waals surface area contributed by atoms with E-state index in [4.69, 9.17) is 5.73 Å². The van der Waals surface area contributed by atoms with Gasteiger partial charge in [0.15, 0.2) is 0 Å². The second-order valence-corrected chi connectivity index (χ2v) is 4.06. The Kier molecular flexibility index (Phi) is 2.77. The molecule has 0 saturated heterocycles. The Bertz CT molecular complexity index is 310. The lowest BCUT2D eigenvalue weighted by molar-refractivity contribution is 0.564. The number of rotatable bonds is 4. The quantitative estimate of drug-likeness (QED) is 0.799. The van der Waals surface area contributed by atoms with E-state index < -0.39 is 0 Å². The van der Waals surface area contributed by atoms with Crippen molar-refractivity contribution in [1.29, 1.82) is 0 Å². The zero-order chi connectivity index (χ0) is 9.97. The van der Waals surface area contributed by atoms with Crippen LogP contribution in [0.2, 0.25) is 0 Å². The van der Waals surface area contributed by atoms with Gasteiger partial charge in [-0.25, -0.2) is 4.39 Å². The van der Waals surface area contributed by atoms with E-state index in [0.717, 1.165) is 24.3 Å². The second-order valence-electron chi connectivity index (χ2n) is 4.06. The first kappa shape index (κ1) is 9.59. The first-order valence-corrected chi connectivity index (χ1v) is 5.12. The SMILES string of the molecule is NC(CCC1CC1)c1cncc(F)c1. The number of nitrogens with two attached hydrogens (primary N) is 1. The van der Waals surface area contributed by atoms with Gasteiger partial charge in [-0.1, -0.05) is 12.8 Å². The van der Waals surface area contributed by atoms with Gasteiger partial charge in [0.25, 0.3) is 0 Å². The van der Waals surface area contributed by atoms with Crippen LogP contribution in [0.5, 0.6) is 0 Å². The molecule has 1 saturated carbocycles. The summed E-state index contributed by atoms with van der Waals surface area (Å²) in [5.41, 5.74) is 6.74. The molecule has 14 heavy (non-hydrogen) atoms. The van der Waals surface area contributed by atoms with Crippen molar-refractivity contribution in [2.75, 3.05) is 0 Å². The van der Waals surface area contributed by atoms with E-state index in [9.17, 15) is 4.39 Å². The Morgan fingerprint density at radius 2 is 2.29 bits per heavy atom. The molecule has 0 aliphatic heterocycles. The number of nitrogens with zero attached hydrogens (tertiary/aromatic N) is 1. The van der Waals surface area contributed by atoms with Crippen molar-refractivity contribution in [2.24, 2.45) is 11.7 Å². The van der Waals surface area contributed by atoms with E-state index in [1.807, 2.05) is 0 Å². The van der Waals surface area contributed by atoms with Crippen LogP contribution in [-0.2, 0) is 0 Å². The van der Waals surface area contributed by atoms with Gasteiger partial charge in [0, 0.05) is 12.2 Å². The van der Waals surface area contributed by atoms with Gasteiger partial charge in [0.1, 0.15) is 5.82 Å². The molecular weight excluding hydrogens is 179 g/mol. The maximum Gasteiger partial charge on any atom is 0.141 e. The van der Waals surface area contributed by atoms with E-state index in [1.165, 1.54) is 25.1 Å². The molecule has 1 aromatic rings. The molecule has 0 spiro atoms. The van der Waals surface area contributed by atoms with Gasteiger partial charge in [0.2, 0.25) is 0 Å². The number of pyridine rings is 1. The third-order valence-electron chi connectivity index (χ3n) is 2.74. The average molecular weight is 194 g/mol. The molecule has 0 bridgehead atoms. The van der Waals surface area contributed by atoms with E-state index >= 15 is 0 Å². The Morgan fingerprint density at radius 3 is 2.93 bits per heavy atom. The van der Waals surface area contributed by atoms with Crippen molar-refractivity contribution in [2.45, 2.75) is 31.7 Å². The molecule has 1 aromatic heterocycles. The minimum absolute atomic E-state index is 0.0567. The van der Waals surface area contributed by atoms with E-state index in [0.29, 0.717) is 0 Å². The summed E-state index contributed by atoms with van der Waals surface area (Å²) in [7, 11) is 0. The van der Waals surface area contributed by atoms with Crippen LogP contribution in [0.1, 0.15) is 37.3 Å². The maximum absolute atomic E-state index is 12.8. The predicted octanol–water partition coefficient (Wildman–Crippen LogP) is 2.41. The summed E-state index contributed by atoms with van der Waals surface area (Å²) in [6, 6.07) is 1.42. The highest BCUT2D eigenvalue weighted by Crippen LogP contribution is 2.35. The molecule has 76 valence electrons. The predicted molar refractivity (Wildman–Crippen MR) is 53.1 cm³/mol. The van der Waals surface area contributed by atoms with Crippen molar-refractivity contribution in [3.05, 3.63) is 29.8 Å². The van der Waals surface area contributed by atoms with Crippen LogP contribution in [0, 0.1) is 11.7 Å². The van der Waals surface area contributed by atoms with Crippen molar-refractivity contribution >= 4 is 0 Å². The summed E-state index contributed by atoms with van der Waals surface area (Å²) in [4.78, 5) is 3.79. The molecule has 1 aliphatic rings. The Morgan fingerprint density at radius 1 is 1.50 bits per heavy atom. The molecule has 1 aliphatic carbocycles. The van der Waals surface area contributed by atoms with Crippen LogP contribution >= 0.6 is 0 Å². The van der Waals surface area contributed by atoms with Crippen LogP contribution in [0.4, 0.5) is 4.39 Å². The van der Waals surface area contributed by atoms with Gasteiger partial charge < -0.3 is 5.73 Å². The number of hydrogen-bond donors (Lipinski definition) is 1. The number of halogens is 1. The summed E-state index contributed by atoms with van der Waals surface area (Å²) < 4.78 is 12.8. The minimum Gasteiger partial charge on any atom is -0.324 e. The molecule has 2 nitrogen and oxygen atoms in total. The summed E-state index contributed by atoms with van der Waals surface area (Å²) in [6.45, 7) is 0. The van der Waals surface area contributed by atoms with Gasteiger partial charge in [-0.2, -0.15) is 0 Å². The highest BCUT2D eigenvalue weighted by molar-refractivity contribution is 5.14. The molecule has 0 aromatic carbocycles. The van der Waals surface area contributed by atoms with E-state index in [1.54, 1.807) is 6.20 Å². The molecule has 3 heteroatoms. The van der Waals surface area contributed by atoms with Gasteiger partial charge >= 0.3 is 0 Å². The van der Waals surface area contributed by atoms with Gasteiger partial charge in [-0.3, -0.25) is 4.98 Å². The van der Waals surface area contributed by atoms with Crippen LogP contribution in [0.25, 0.3) is 0 Å². The first-order valence-electron chi connectivity index (χ1n) is 5.12. The normalized spacial score (nSPS) is 18.1. The summed E-state index contributed by atoms with van der Waals surface area (Å²) >= 11 is 0. The van der Waals surface area contributed by atoms with Crippen LogP contribution in [-0.4, -0.2) is 4.98 Å². The molecule has 1 unspecified atom stereocenters. The largest absolute Gasteiger partial charge is 0.324 e. The molecule has 0 radical (unpaired) electrons. The topological polar surface area (TPSA) is 38.9 Å². The van der Waals surface area contributed by atoms with Gasteiger partial charge in [-0.15, -0.1) is 0 Å². The molecule has 1 atom stereocenters. The molecule has 1 heterocycles. The van der Waals surface area contributed by atoms with Crippen molar-refractivity contribution in [1.82, 2.24) is 4.98 Å². The zero-order valence-corrected chi connectivity index (χ0v) is 8.12. The first-order chi connectivity index (χ1) is 6.75. The molecular formula is C11H15FN2. The standard InChI is InChI=1S/C11H15FN2/c12-10-5-9(6-14-7-10)11(13)4-3-8-1-2-8/h5-8,11H,1-4,13H2. The zero-order valence-electron chi connectivity index (χ0n) is 8.12. The summed E-state index contributed by atoms with van der Waals surface area (Å²) in [5.74, 6) is 0.576. The Hall–Kier alpha value is -0.960. The fourth-order valence-corrected chi connectivity index (χ4v) is 1.62. The third kappa shape index (κ3) is 2.51. The average Bonchev–Trinajstić information content (AvgIpc) is 2.97. The van der Waals surface area contributed by atoms with Crippen LogP contribution in [0.15, 0.2) is 18.5 Å². The summed E-state index contributed by atoms with van der Waals surface area (Å²) in [6.07, 6.45) is 7.65. The minimum atomic E-state index is -0.302. The van der Waals surface area contributed by atoms with E-state index in [2.05, 4.69) is 4.98 Å². The number of hydrogen-bond acceptors (Lipinski definition) is 2.